The van der Waals surface area contributed by atoms with Gasteiger partial charge in [-0.2, -0.15) is 0 Å². The second kappa shape index (κ2) is 4.64. The van der Waals surface area contributed by atoms with Crippen LogP contribution in [0.25, 0.3) is 6.08 Å². The van der Waals surface area contributed by atoms with Crippen molar-refractivity contribution in [3.05, 3.63) is 34.9 Å². The van der Waals surface area contributed by atoms with Gasteiger partial charge in [-0.25, -0.2) is 4.79 Å². The molecule has 0 heterocycles. The Morgan fingerprint density at radius 3 is 2.60 bits per heavy atom. The number of methoxy groups -OCH3 is 1. The molecule has 0 amide bonds. The van der Waals surface area contributed by atoms with Crippen LogP contribution in [0, 0.1) is 0 Å². The summed E-state index contributed by atoms with van der Waals surface area (Å²) in [7, 11) is 1.36. The molecule has 2 N–H and O–H groups in total. The molecule has 3 nitrogen and oxygen atoms in total. The third-order valence-electron chi connectivity index (χ3n) is 1.95. The van der Waals surface area contributed by atoms with E-state index in [1.165, 1.54) is 7.11 Å². The number of allylic oxidation sites excluding steroid dienone is 1. The van der Waals surface area contributed by atoms with Crippen molar-refractivity contribution >= 4 is 17.7 Å². The monoisotopic (exact) mass is 205 g/mol. The van der Waals surface area contributed by atoms with E-state index in [2.05, 4.69) is 4.74 Å². The Bertz CT molecular complexity index is 404. The van der Waals surface area contributed by atoms with Gasteiger partial charge in [0.2, 0.25) is 0 Å². The third-order valence-corrected chi connectivity index (χ3v) is 1.95. The first-order valence-electron chi connectivity index (χ1n) is 4.67. The van der Waals surface area contributed by atoms with Crippen molar-refractivity contribution < 1.29 is 9.53 Å². The maximum atomic E-state index is 11.3. The molecule has 0 bridgehead atoms. The number of nitrogen functional groups attached to an aromatic ring is 1. The summed E-state index contributed by atoms with van der Waals surface area (Å²) in [5, 5.41) is 0. The molecule has 0 radical (unpaired) electrons. The van der Waals surface area contributed by atoms with Crippen molar-refractivity contribution in [2.45, 2.75) is 13.8 Å². The normalized spacial score (nSPS) is 9.53. The smallest absolute Gasteiger partial charge is 0.337 e. The van der Waals surface area contributed by atoms with Crippen LogP contribution in [0.4, 0.5) is 5.69 Å². The van der Waals surface area contributed by atoms with Crippen LogP contribution in [0.15, 0.2) is 23.8 Å². The Labute approximate surface area is 89.5 Å². The summed E-state index contributed by atoms with van der Waals surface area (Å²) >= 11 is 0. The number of anilines is 1. The van der Waals surface area contributed by atoms with E-state index in [1.54, 1.807) is 18.2 Å². The second-order valence-electron chi connectivity index (χ2n) is 3.56. The summed E-state index contributed by atoms with van der Waals surface area (Å²) in [6.45, 7) is 3.95. The fourth-order valence-electron chi connectivity index (χ4n) is 1.26. The average molecular weight is 205 g/mol. The highest BCUT2D eigenvalue weighted by molar-refractivity contribution is 5.91. The van der Waals surface area contributed by atoms with E-state index in [0.717, 1.165) is 11.1 Å². The van der Waals surface area contributed by atoms with Gasteiger partial charge in [0.15, 0.2) is 0 Å². The molecule has 1 rings (SSSR count). The van der Waals surface area contributed by atoms with Gasteiger partial charge in [0.1, 0.15) is 0 Å². The number of esters is 1. The van der Waals surface area contributed by atoms with Crippen molar-refractivity contribution in [2.75, 3.05) is 12.8 Å². The Balaban J connectivity index is 3.16. The van der Waals surface area contributed by atoms with Gasteiger partial charge in [0, 0.05) is 5.69 Å². The molecule has 0 aliphatic heterocycles. The lowest BCUT2D eigenvalue weighted by Gasteiger charge is -2.04. The van der Waals surface area contributed by atoms with Gasteiger partial charge < -0.3 is 10.5 Å². The van der Waals surface area contributed by atoms with Crippen LogP contribution in [0.5, 0.6) is 0 Å². The van der Waals surface area contributed by atoms with Crippen molar-refractivity contribution in [1.29, 1.82) is 0 Å². The molecule has 3 heteroatoms. The highest BCUT2D eigenvalue weighted by Crippen LogP contribution is 2.18. The molecular formula is C12H15NO2. The molecule has 0 aliphatic carbocycles. The van der Waals surface area contributed by atoms with Gasteiger partial charge in [-0.3, -0.25) is 0 Å². The molecule has 0 unspecified atom stereocenters. The molecule has 0 saturated carbocycles. The fraction of sp³-hybridized carbons (Fsp3) is 0.250. The summed E-state index contributed by atoms with van der Waals surface area (Å²) in [6, 6.07) is 5.10. The maximum Gasteiger partial charge on any atom is 0.337 e. The third kappa shape index (κ3) is 2.84. The van der Waals surface area contributed by atoms with Crippen LogP contribution in [0.2, 0.25) is 0 Å². The SMILES string of the molecule is COC(=O)c1ccc(N)c(C=C(C)C)c1. The highest BCUT2D eigenvalue weighted by Gasteiger charge is 2.06. The number of rotatable bonds is 2. The van der Waals surface area contributed by atoms with Gasteiger partial charge in [-0.1, -0.05) is 11.6 Å². The minimum atomic E-state index is -0.349. The summed E-state index contributed by atoms with van der Waals surface area (Å²) in [4.78, 5) is 11.3. The molecule has 0 aliphatic rings. The van der Waals surface area contributed by atoms with E-state index in [4.69, 9.17) is 5.73 Å². The summed E-state index contributed by atoms with van der Waals surface area (Å²) in [6.07, 6.45) is 1.93. The van der Waals surface area contributed by atoms with Gasteiger partial charge in [0.25, 0.3) is 0 Å². The van der Waals surface area contributed by atoms with E-state index in [9.17, 15) is 4.79 Å². The zero-order chi connectivity index (χ0) is 11.4. The number of ether oxygens (including phenoxy) is 1. The van der Waals surface area contributed by atoms with Crippen LogP contribution in [0.1, 0.15) is 29.8 Å². The number of hydrogen-bond donors (Lipinski definition) is 1. The van der Waals surface area contributed by atoms with Gasteiger partial charge in [0.05, 0.1) is 12.7 Å². The molecule has 1 aromatic rings. The predicted molar refractivity (Wildman–Crippen MR) is 61.5 cm³/mol. The Kier molecular flexibility index (Phi) is 3.50. The van der Waals surface area contributed by atoms with Crippen LogP contribution in [0.3, 0.4) is 0 Å². The van der Waals surface area contributed by atoms with E-state index < -0.39 is 0 Å². The number of hydrogen-bond acceptors (Lipinski definition) is 3. The van der Waals surface area contributed by atoms with E-state index in [1.807, 2.05) is 19.9 Å². The molecule has 0 saturated heterocycles. The van der Waals surface area contributed by atoms with E-state index in [0.29, 0.717) is 11.3 Å². The van der Waals surface area contributed by atoms with Crippen molar-refractivity contribution in [2.24, 2.45) is 0 Å². The molecule has 80 valence electrons. The zero-order valence-corrected chi connectivity index (χ0v) is 9.20. The van der Waals surface area contributed by atoms with Crippen LogP contribution in [-0.4, -0.2) is 13.1 Å². The summed E-state index contributed by atoms with van der Waals surface area (Å²) in [5.74, 6) is -0.349. The molecule has 0 atom stereocenters. The first kappa shape index (κ1) is 11.3. The van der Waals surface area contributed by atoms with E-state index >= 15 is 0 Å². The molecule has 1 aromatic carbocycles. The molecule has 0 spiro atoms. The highest BCUT2D eigenvalue weighted by atomic mass is 16.5. The molecule has 15 heavy (non-hydrogen) atoms. The lowest BCUT2D eigenvalue weighted by atomic mass is 10.1. The van der Waals surface area contributed by atoms with Crippen LogP contribution < -0.4 is 5.73 Å². The lowest BCUT2D eigenvalue weighted by Crippen LogP contribution is -2.02. The maximum absolute atomic E-state index is 11.3. The van der Waals surface area contributed by atoms with Crippen molar-refractivity contribution in [3.63, 3.8) is 0 Å². The Hall–Kier alpha value is -1.77. The largest absolute Gasteiger partial charge is 0.465 e. The molecule has 0 fully saturated rings. The summed E-state index contributed by atoms with van der Waals surface area (Å²) < 4.78 is 4.64. The zero-order valence-electron chi connectivity index (χ0n) is 9.20. The molecular weight excluding hydrogens is 190 g/mol. The van der Waals surface area contributed by atoms with Gasteiger partial charge in [-0.15, -0.1) is 0 Å². The number of carbonyl (C=O) groups is 1. The first-order chi connectivity index (χ1) is 7.04. The number of nitrogens with two attached hydrogens (primary N) is 1. The Morgan fingerprint density at radius 1 is 1.40 bits per heavy atom. The lowest BCUT2D eigenvalue weighted by molar-refractivity contribution is 0.0601. The standard InChI is InChI=1S/C12H15NO2/c1-8(2)6-10-7-9(12(14)15-3)4-5-11(10)13/h4-7H,13H2,1-3H3. The quantitative estimate of drug-likeness (QED) is 0.596. The molecule has 0 aromatic heterocycles. The van der Waals surface area contributed by atoms with Crippen molar-refractivity contribution in [1.82, 2.24) is 0 Å². The van der Waals surface area contributed by atoms with Gasteiger partial charge in [-0.05, 0) is 37.6 Å². The number of benzene rings is 1. The average Bonchev–Trinajstić information content (AvgIpc) is 2.19. The fourth-order valence-corrected chi connectivity index (χ4v) is 1.26. The van der Waals surface area contributed by atoms with Crippen LogP contribution >= 0.6 is 0 Å². The predicted octanol–water partition coefficient (Wildman–Crippen LogP) is 2.48. The minimum Gasteiger partial charge on any atom is -0.465 e. The topological polar surface area (TPSA) is 52.3 Å². The van der Waals surface area contributed by atoms with Crippen LogP contribution in [-0.2, 0) is 4.74 Å². The first-order valence-corrected chi connectivity index (χ1v) is 4.67. The summed E-state index contributed by atoms with van der Waals surface area (Å²) in [5.41, 5.74) is 8.93. The van der Waals surface area contributed by atoms with Crippen molar-refractivity contribution in [3.8, 4) is 0 Å². The number of carbonyl (C=O) groups excluding carboxylic acids is 1. The Morgan fingerprint density at radius 2 is 2.07 bits per heavy atom. The van der Waals surface area contributed by atoms with Gasteiger partial charge >= 0.3 is 5.97 Å². The van der Waals surface area contributed by atoms with E-state index in [-0.39, 0.29) is 5.97 Å². The second-order valence-corrected chi connectivity index (χ2v) is 3.56. The minimum absolute atomic E-state index is 0.349.